The molecular formula is C17H14F3N5O2. The fraction of sp³-hybridized carbons (Fsp3) is 0.176. The van der Waals surface area contributed by atoms with Crippen LogP contribution in [0.2, 0.25) is 0 Å². The van der Waals surface area contributed by atoms with Crippen LogP contribution >= 0.6 is 0 Å². The molecule has 0 aliphatic heterocycles. The number of hydroxylamine groups is 1. The Bertz CT molecular complexity index is 895. The highest BCUT2D eigenvalue weighted by atomic mass is 19.4. The molecule has 0 fully saturated rings. The Morgan fingerprint density at radius 2 is 1.78 bits per heavy atom. The van der Waals surface area contributed by atoms with Crippen LogP contribution in [0.1, 0.15) is 11.1 Å². The smallest absolute Gasteiger partial charge is 0.271 e. The van der Waals surface area contributed by atoms with Gasteiger partial charge in [-0.2, -0.15) is 18.0 Å². The van der Waals surface area contributed by atoms with E-state index < -0.39 is 17.6 Å². The maximum atomic E-state index is 12.5. The zero-order valence-electron chi connectivity index (χ0n) is 13.8. The number of hydrogen-bond donors (Lipinski definition) is 1. The molecule has 1 aromatic heterocycles. The first-order valence-corrected chi connectivity index (χ1v) is 7.82. The van der Waals surface area contributed by atoms with Gasteiger partial charge in [-0.3, -0.25) is 9.63 Å². The van der Waals surface area contributed by atoms with Gasteiger partial charge in [0, 0.05) is 5.56 Å². The summed E-state index contributed by atoms with van der Waals surface area (Å²) < 4.78 is 37.5. The lowest BCUT2D eigenvalue weighted by Crippen LogP contribution is -2.28. The second-order valence-electron chi connectivity index (χ2n) is 5.52. The molecule has 0 bridgehead atoms. The second kappa shape index (κ2) is 7.96. The maximum absolute atomic E-state index is 12.5. The third kappa shape index (κ3) is 5.11. The first-order valence-electron chi connectivity index (χ1n) is 7.82. The van der Waals surface area contributed by atoms with Crippen molar-refractivity contribution in [3.63, 3.8) is 0 Å². The van der Waals surface area contributed by atoms with Gasteiger partial charge in [0.1, 0.15) is 6.54 Å². The highest BCUT2D eigenvalue weighted by molar-refractivity contribution is 5.74. The topological polar surface area (TPSA) is 81.9 Å². The lowest BCUT2D eigenvalue weighted by Gasteiger charge is -2.08. The molecule has 0 aliphatic rings. The minimum absolute atomic E-state index is 0.0794. The van der Waals surface area contributed by atoms with E-state index in [1.165, 1.54) is 12.1 Å². The van der Waals surface area contributed by atoms with Crippen molar-refractivity contribution in [3.05, 3.63) is 65.7 Å². The Balaban J connectivity index is 1.47. The van der Waals surface area contributed by atoms with Gasteiger partial charge in [-0.15, -0.1) is 10.2 Å². The summed E-state index contributed by atoms with van der Waals surface area (Å²) in [6.45, 7) is -0.295. The van der Waals surface area contributed by atoms with E-state index in [1.807, 2.05) is 30.3 Å². The summed E-state index contributed by atoms with van der Waals surface area (Å²) >= 11 is 0. The molecule has 1 amide bonds. The standard InChI is InChI=1S/C17H14F3N5O2/c18-17(19,20)14-8-6-12(7-9-14)11-27-23-15(26)10-25-22-16(21-24-25)13-4-2-1-3-5-13/h1-9H,10-11H2,(H,23,26). The van der Waals surface area contributed by atoms with Crippen molar-refractivity contribution in [2.24, 2.45) is 0 Å². The molecule has 27 heavy (non-hydrogen) atoms. The predicted molar refractivity (Wildman–Crippen MR) is 87.6 cm³/mol. The average Bonchev–Trinajstić information content (AvgIpc) is 3.10. The summed E-state index contributed by atoms with van der Waals surface area (Å²) in [4.78, 5) is 17.9. The summed E-state index contributed by atoms with van der Waals surface area (Å²) in [6.07, 6.45) is -4.39. The molecule has 0 aliphatic carbocycles. The number of nitrogens with one attached hydrogen (secondary N) is 1. The number of carbonyl (C=O) groups excluding carboxylic acids is 1. The summed E-state index contributed by atoms with van der Waals surface area (Å²) in [5.74, 6) is -0.145. The Labute approximate surface area is 151 Å². The highest BCUT2D eigenvalue weighted by Gasteiger charge is 2.29. The monoisotopic (exact) mass is 377 g/mol. The Hall–Kier alpha value is -3.27. The summed E-state index contributed by atoms with van der Waals surface area (Å²) in [5.41, 5.74) is 2.68. The normalized spacial score (nSPS) is 11.4. The van der Waals surface area contributed by atoms with Crippen LogP contribution in [0.4, 0.5) is 13.2 Å². The lowest BCUT2D eigenvalue weighted by molar-refractivity contribution is -0.137. The number of halogens is 3. The molecule has 0 saturated carbocycles. The molecule has 0 spiro atoms. The molecule has 3 rings (SSSR count). The number of hydrogen-bond acceptors (Lipinski definition) is 5. The molecule has 0 atom stereocenters. The first kappa shape index (κ1) is 18.5. The molecule has 0 radical (unpaired) electrons. The van der Waals surface area contributed by atoms with E-state index in [0.29, 0.717) is 11.4 Å². The van der Waals surface area contributed by atoms with Crippen molar-refractivity contribution >= 4 is 5.91 Å². The van der Waals surface area contributed by atoms with Gasteiger partial charge in [-0.1, -0.05) is 42.5 Å². The molecule has 0 unspecified atom stereocenters. The van der Waals surface area contributed by atoms with Gasteiger partial charge in [0.25, 0.3) is 5.91 Å². The summed E-state index contributed by atoms with van der Waals surface area (Å²) in [7, 11) is 0. The molecule has 0 saturated heterocycles. The van der Waals surface area contributed by atoms with E-state index in [0.717, 1.165) is 22.5 Å². The van der Waals surface area contributed by atoms with Crippen molar-refractivity contribution in [2.45, 2.75) is 19.3 Å². The van der Waals surface area contributed by atoms with Crippen LogP contribution in [-0.2, 0) is 29.0 Å². The van der Waals surface area contributed by atoms with E-state index in [9.17, 15) is 18.0 Å². The molecule has 7 nitrogen and oxygen atoms in total. The van der Waals surface area contributed by atoms with E-state index in [4.69, 9.17) is 4.84 Å². The lowest BCUT2D eigenvalue weighted by atomic mass is 10.1. The van der Waals surface area contributed by atoms with Gasteiger partial charge in [0.15, 0.2) is 0 Å². The zero-order valence-corrected chi connectivity index (χ0v) is 13.8. The SMILES string of the molecule is O=C(Cn1nnc(-c2ccccc2)n1)NOCc1ccc(C(F)(F)F)cc1. The fourth-order valence-corrected chi connectivity index (χ4v) is 2.16. The van der Waals surface area contributed by atoms with Crippen LogP contribution in [0.25, 0.3) is 11.4 Å². The van der Waals surface area contributed by atoms with E-state index >= 15 is 0 Å². The number of tetrazole rings is 1. The number of amides is 1. The predicted octanol–water partition coefficient (Wildman–Crippen LogP) is 2.61. The van der Waals surface area contributed by atoms with Gasteiger partial charge < -0.3 is 0 Å². The van der Waals surface area contributed by atoms with Crippen molar-refractivity contribution < 1.29 is 22.8 Å². The summed E-state index contributed by atoms with van der Waals surface area (Å²) in [5, 5.41) is 11.7. The van der Waals surface area contributed by atoms with Crippen molar-refractivity contribution in [1.82, 2.24) is 25.7 Å². The molecule has 3 aromatic rings. The van der Waals surface area contributed by atoms with Gasteiger partial charge in [-0.05, 0) is 22.9 Å². The van der Waals surface area contributed by atoms with Gasteiger partial charge >= 0.3 is 6.18 Å². The van der Waals surface area contributed by atoms with Crippen LogP contribution in [0.15, 0.2) is 54.6 Å². The quantitative estimate of drug-likeness (QED) is 0.668. The number of aromatic nitrogens is 4. The molecule has 10 heteroatoms. The number of alkyl halides is 3. The van der Waals surface area contributed by atoms with Gasteiger partial charge in [0.2, 0.25) is 5.82 Å². The Morgan fingerprint density at radius 1 is 1.07 bits per heavy atom. The minimum atomic E-state index is -4.39. The molecule has 1 N–H and O–H groups in total. The third-order valence-corrected chi connectivity index (χ3v) is 3.48. The molecular weight excluding hydrogens is 363 g/mol. The maximum Gasteiger partial charge on any atom is 0.416 e. The number of nitrogens with zero attached hydrogens (tertiary/aromatic N) is 4. The van der Waals surface area contributed by atoms with Gasteiger partial charge in [0.05, 0.1) is 12.2 Å². The highest BCUT2D eigenvalue weighted by Crippen LogP contribution is 2.29. The number of benzene rings is 2. The van der Waals surface area contributed by atoms with E-state index in [1.54, 1.807) is 0 Å². The molecule has 1 heterocycles. The van der Waals surface area contributed by atoms with Crippen molar-refractivity contribution in [1.29, 1.82) is 0 Å². The molecule has 2 aromatic carbocycles. The largest absolute Gasteiger partial charge is 0.416 e. The van der Waals surface area contributed by atoms with Crippen LogP contribution in [-0.4, -0.2) is 26.1 Å². The zero-order chi connectivity index (χ0) is 19.3. The first-order chi connectivity index (χ1) is 12.9. The van der Waals surface area contributed by atoms with Crippen LogP contribution < -0.4 is 5.48 Å². The number of carbonyl (C=O) groups is 1. The second-order valence-corrected chi connectivity index (χ2v) is 5.52. The van der Waals surface area contributed by atoms with Crippen molar-refractivity contribution in [3.8, 4) is 11.4 Å². The molecule has 140 valence electrons. The van der Waals surface area contributed by atoms with Crippen LogP contribution in [0.5, 0.6) is 0 Å². The van der Waals surface area contributed by atoms with Gasteiger partial charge in [-0.25, -0.2) is 5.48 Å². The average molecular weight is 377 g/mol. The van der Waals surface area contributed by atoms with Crippen LogP contribution in [0, 0.1) is 0 Å². The van der Waals surface area contributed by atoms with Crippen LogP contribution in [0.3, 0.4) is 0 Å². The van der Waals surface area contributed by atoms with E-state index in [-0.39, 0.29) is 13.2 Å². The minimum Gasteiger partial charge on any atom is -0.271 e. The van der Waals surface area contributed by atoms with E-state index in [2.05, 4.69) is 20.9 Å². The number of rotatable bonds is 6. The third-order valence-electron chi connectivity index (χ3n) is 3.48. The fourth-order valence-electron chi connectivity index (χ4n) is 2.16. The Kier molecular flexibility index (Phi) is 5.46. The van der Waals surface area contributed by atoms with Crippen molar-refractivity contribution in [2.75, 3.05) is 0 Å². The summed E-state index contributed by atoms with van der Waals surface area (Å²) in [6, 6.07) is 13.6. The Morgan fingerprint density at radius 3 is 2.44 bits per heavy atom.